The van der Waals surface area contributed by atoms with E-state index in [1.165, 1.54) is 12.1 Å². The van der Waals surface area contributed by atoms with E-state index >= 15 is 0 Å². The summed E-state index contributed by atoms with van der Waals surface area (Å²) in [7, 11) is 0. The van der Waals surface area contributed by atoms with Crippen molar-refractivity contribution in [1.82, 2.24) is 5.32 Å². The molecule has 6 nitrogen and oxygen atoms in total. The Morgan fingerprint density at radius 1 is 1.04 bits per heavy atom. The quantitative estimate of drug-likeness (QED) is 0.667. The number of carbonyl (C=O) groups is 2. The van der Waals surface area contributed by atoms with E-state index in [4.69, 9.17) is 9.84 Å². The Morgan fingerprint density at radius 3 is 2.29 bits per heavy atom. The first-order valence-electron chi connectivity index (χ1n) is 8.20. The molecule has 0 heterocycles. The summed E-state index contributed by atoms with van der Waals surface area (Å²) in [6.07, 6.45) is -6.76. The summed E-state index contributed by atoms with van der Waals surface area (Å²) in [5.74, 6) is -1.32. The van der Waals surface area contributed by atoms with Crippen LogP contribution in [0, 0.1) is 0 Å². The number of benzene rings is 2. The van der Waals surface area contributed by atoms with Crippen LogP contribution in [0.2, 0.25) is 0 Å². The summed E-state index contributed by atoms with van der Waals surface area (Å²) in [5, 5.41) is 20.6. The van der Waals surface area contributed by atoms with Crippen LogP contribution in [-0.4, -0.2) is 28.4 Å². The smallest absolute Gasteiger partial charge is 0.416 e. The average molecular weight is 397 g/mol. The topological polar surface area (TPSA) is 95.9 Å². The molecule has 0 aliphatic carbocycles. The van der Waals surface area contributed by atoms with E-state index in [-0.39, 0.29) is 19.6 Å². The maximum Gasteiger partial charge on any atom is 0.416 e. The number of carbonyl (C=O) groups excluding carboxylic acids is 1. The second-order valence-corrected chi connectivity index (χ2v) is 6.00. The van der Waals surface area contributed by atoms with Gasteiger partial charge in [0.05, 0.1) is 5.56 Å². The van der Waals surface area contributed by atoms with Gasteiger partial charge in [-0.1, -0.05) is 36.4 Å². The van der Waals surface area contributed by atoms with Crippen LogP contribution in [-0.2, 0) is 35.3 Å². The molecule has 0 radical (unpaired) electrons. The SMILES string of the molecule is O=C(NCc1cccc(C[C@H](O)C(=O)O)c1)OCc1ccc(C(F)(F)F)cc1. The van der Waals surface area contributed by atoms with E-state index < -0.39 is 29.9 Å². The summed E-state index contributed by atoms with van der Waals surface area (Å²) >= 11 is 0. The first kappa shape index (κ1) is 21.2. The monoisotopic (exact) mass is 397 g/mol. The summed E-state index contributed by atoms with van der Waals surface area (Å²) in [6.45, 7) is -0.0856. The summed E-state index contributed by atoms with van der Waals surface area (Å²) in [4.78, 5) is 22.4. The number of hydrogen-bond acceptors (Lipinski definition) is 4. The highest BCUT2D eigenvalue weighted by atomic mass is 19.4. The van der Waals surface area contributed by atoms with Gasteiger partial charge in [0.15, 0.2) is 6.10 Å². The fourth-order valence-corrected chi connectivity index (χ4v) is 2.34. The molecule has 0 aliphatic heterocycles. The highest BCUT2D eigenvalue weighted by Gasteiger charge is 2.29. The third kappa shape index (κ3) is 6.58. The van der Waals surface area contributed by atoms with E-state index in [2.05, 4.69) is 5.32 Å². The second-order valence-electron chi connectivity index (χ2n) is 6.00. The van der Waals surface area contributed by atoms with Gasteiger partial charge in [-0.2, -0.15) is 13.2 Å². The number of carboxylic acids is 1. The van der Waals surface area contributed by atoms with Crippen molar-refractivity contribution >= 4 is 12.1 Å². The molecule has 150 valence electrons. The van der Waals surface area contributed by atoms with E-state index in [0.29, 0.717) is 16.7 Å². The van der Waals surface area contributed by atoms with Crippen molar-refractivity contribution in [2.45, 2.75) is 31.9 Å². The van der Waals surface area contributed by atoms with Gasteiger partial charge in [-0.3, -0.25) is 0 Å². The Labute approximate surface area is 158 Å². The normalized spacial score (nSPS) is 12.3. The number of ether oxygens (including phenoxy) is 1. The summed E-state index contributed by atoms with van der Waals surface area (Å²) in [6, 6.07) is 10.9. The minimum absolute atomic E-state index is 0.0679. The number of alkyl halides is 3. The number of nitrogens with one attached hydrogen (secondary N) is 1. The third-order valence-corrected chi connectivity index (χ3v) is 3.79. The molecule has 0 fully saturated rings. The Bertz CT molecular complexity index is 821. The molecule has 1 amide bonds. The fourth-order valence-electron chi connectivity index (χ4n) is 2.34. The first-order chi connectivity index (χ1) is 13.1. The molecular weight excluding hydrogens is 379 g/mol. The van der Waals surface area contributed by atoms with Crippen LogP contribution in [0.1, 0.15) is 22.3 Å². The Hall–Kier alpha value is -3.07. The van der Waals surface area contributed by atoms with Crippen molar-refractivity contribution in [1.29, 1.82) is 0 Å². The molecule has 2 aromatic carbocycles. The maximum atomic E-state index is 12.5. The van der Waals surface area contributed by atoms with Gasteiger partial charge in [-0.25, -0.2) is 9.59 Å². The first-order valence-corrected chi connectivity index (χ1v) is 8.20. The van der Waals surface area contributed by atoms with E-state index in [1.54, 1.807) is 24.3 Å². The van der Waals surface area contributed by atoms with Crippen LogP contribution >= 0.6 is 0 Å². The summed E-state index contributed by atoms with van der Waals surface area (Å²) in [5.41, 5.74) is 0.885. The van der Waals surface area contributed by atoms with Crippen LogP contribution in [0.5, 0.6) is 0 Å². The molecule has 1 atom stereocenters. The summed E-state index contributed by atoms with van der Waals surface area (Å²) < 4.78 is 42.4. The van der Waals surface area contributed by atoms with E-state index in [1.807, 2.05) is 0 Å². The Morgan fingerprint density at radius 2 is 1.68 bits per heavy atom. The zero-order valence-electron chi connectivity index (χ0n) is 14.6. The number of aliphatic hydroxyl groups is 1. The van der Waals surface area contributed by atoms with Gasteiger partial charge < -0.3 is 20.3 Å². The number of aliphatic carboxylic acids is 1. The molecule has 9 heteroatoms. The van der Waals surface area contributed by atoms with Crippen molar-refractivity contribution in [2.75, 3.05) is 0 Å². The number of rotatable bonds is 7. The van der Waals surface area contributed by atoms with Gasteiger partial charge in [0, 0.05) is 13.0 Å². The Balaban J connectivity index is 1.82. The van der Waals surface area contributed by atoms with E-state index in [9.17, 15) is 27.9 Å². The molecule has 0 saturated heterocycles. The minimum Gasteiger partial charge on any atom is -0.479 e. The number of alkyl carbamates (subject to hydrolysis) is 1. The molecule has 28 heavy (non-hydrogen) atoms. The van der Waals surface area contributed by atoms with Gasteiger partial charge in [-0.15, -0.1) is 0 Å². The minimum atomic E-state index is -4.42. The van der Waals surface area contributed by atoms with Crippen LogP contribution in [0.3, 0.4) is 0 Å². The second kappa shape index (κ2) is 9.23. The molecule has 2 rings (SSSR count). The fraction of sp³-hybridized carbons (Fsp3) is 0.263. The highest BCUT2D eigenvalue weighted by molar-refractivity contribution is 5.72. The molecule has 0 aliphatic rings. The van der Waals surface area contributed by atoms with Crippen molar-refractivity contribution < 1.29 is 37.7 Å². The lowest BCUT2D eigenvalue weighted by molar-refractivity contribution is -0.146. The predicted molar refractivity (Wildman–Crippen MR) is 92.3 cm³/mol. The number of carboxylic acid groups (broad SMARTS) is 1. The molecular formula is C19H18F3NO5. The molecule has 0 aromatic heterocycles. The van der Waals surface area contributed by atoms with Gasteiger partial charge in [-0.05, 0) is 28.8 Å². The molecule has 0 bridgehead atoms. The van der Waals surface area contributed by atoms with Crippen molar-refractivity contribution in [3.05, 3.63) is 70.8 Å². The lowest BCUT2D eigenvalue weighted by Crippen LogP contribution is -2.24. The van der Waals surface area contributed by atoms with Gasteiger partial charge in [0.2, 0.25) is 0 Å². The lowest BCUT2D eigenvalue weighted by atomic mass is 10.1. The maximum absolute atomic E-state index is 12.5. The molecule has 0 unspecified atom stereocenters. The molecule has 3 N–H and O–H groups in total. The van der Waals surface area contributed by atoms with Crippen molar-refractivity contribution in [3.8, 4) is 0 Å². The molecule has 0 spiro atoms. The number of aliphatic hydroxyl groups excluding tert-OH is 1. The zero-order valence-corrected chi connectivity index (χ0v) is 14.6. The largest absolute Gasteiger partial charge is 0.479 e. The number of amides is 1. The zero-order chi connectivity index (χ0) is 20.7. The highest BCUT2D eigenvalue weighted by Crippen LogP contribution is 2.29. The van der Waals surface area contributed by atoms with Gasteiger partial charge in [0.25, 0.3) is 0 Å². The van der Waals surface area contributed by atoms with Crippen LogP contribution in [0.15, 0.2) is 48.5 Å². The third-order valence-electron chi connectivity index (χ3n) is 3.79. The average Bonchev–Trinajstić information content (AvgIpc) is 2.64. The standard InChI is InChI=1S/C19H18F3NO5/c20-19(21,22)15-6-4-12(5-7-15)11-28-18(27)23-10-14-3-1-2-13(8-14)9-16(24)17(25)26/h1-8,16,24H,9-11H2,(H,23,27)(H,25,26)/t16-/m0/s1. The van der Waals surface area contributed by atoms with Crippen molar-refractivity contribution in [2.24, 2.45) is 0 Å². The van der Waals surface area contributed by atoms with Gasteiger partial charge >= 0.3 is 18.2 Å². The Kier molecular flexibility index (Phi) is 7.00. The predicted octanol–water partition coefficient (Wildman–Crippen LogP) is 3.12. The molecule has 0 saturated carbocycles. The molecule has 2 aromatic rings. The van der Waals surface area contributed by atoms with Crippen LogP contribution in [0.4, 0.5) is 18.0 Å². The van der Waals surface area contributed by atoms with Crippen LogP contribution < -0.4 is 5.32 Å². The van der Waals surface area contributed by atoms with Gasteiger partial charge in [0.1, 0.15) is 6.61 Å². The number of hydrogen-bond donors (Lipinski definition) is 3. The van der Waals surface area contributed by atoms with Crippen LogP contribution in [0.25, 0.3) is 0 Å². The van der Waals surface area contributed by atoms with E-state index in [0.717, 1.165) is 12.1 Å². The van der Waals surface area contributed by atoms with Crippen molar-refractivity contribution in [3.63, 3.8) is 0 Å². The lowest BCUT2D eigenvalue weighted by Gasteiger charge is -2.10. The number of halogens is 3.